The Morgan fingerprint density at radius 1 is 1.27 bits per heavy atom. The summed E-state index contributed by atoms with van der Waals surface area (Å²) in [6.07, 6.45) is 1.94. The molecule has 0 aliphatic carbocycles. The summed E-state index contributed by atoms with van der Waals surface area (Å²) in [4.78, 5) is 2.19. The molecule has 8 heteroatoms. The molecule has 6 nitrogen and oxygen atoms in total. The number of sulfonamides is 1. The van der Waals surface area contributed by atoms with Crippen LogP contribution in [0.15, 0.2) is 23.1 Å². The van der Waals surface area contributed by atoms with Gasteiger partial charge in [0, 0.05) is 25.7 Å². The van der Waals surface area contributed by atoms with Gasteiger partial charge < -0.3 is 9.47 Å². The van der Waals surface area contributed by atoms with Gasteiger partial charge in [0.1, 0.15) is 0 Å². The standard InChI is InChI=1S/C18H29FN2O4S/c1-4-14(5-2)17(21-8-10-25-11-9-21)13-20-26(22,23)15-6-7-18(24-3)16(19)12-15/h6-7,12,14,17,20H,4-5,8-11,13H2,1-3H3. The van der Waals surface area contributed by atoms with Gasteiger partial charge in [-0.2, -0.15) is 0 Å². The van der Waals surface area contributed by atoms with Crippen LogP contribution in [-0.4, -0.2) is 59.3 Å². The topological polar surface area (TPSA) is 67.9 Å². The van der Waals surface area contributed by atoms with E-state index in [2.05, 4.69) is 23.5 Å². The maximum Gasteiger partial charge on any atom is 0.240 e. The molecule has 1 heterocycles. The van der Waals surface area contributed by atoms with Gasteiger partial charge in [-0.1, -0.05) is 26.7 Å². The van der Waals surface area contributed by atoms with Gasteiger partial charge in [-0.05, 0) is 24.1 Å². The maximum atomic E-state index is 13.9. The van der Waals surface area contributed by atoms with Crippen LogP contribution in [0.25, 0.3) is 0 Å². The number of morpholine rings is 1. The molecule has 148 valence electrons. The number of halogens is 1. The number of methoxy groups -OCH3 is 1. The van der Waals surface area contributed by atoms with Crippen molar-refractivity contribution in [3.8, 4) is 5.75 Å². The monoisotopic (exact) mass is 388 g/mol. The van der Waals surface area contributed by atoms with Crippen LogP contribution < -0.4 is 9.46 Å². The van der Waals surface area contributed by atoms with Crippen LogP contribution in [-0.2, 0) is 14.8 Å². The van der Waals surface area contributed by atoms with Crippen LogP contribution in [0.1, 0.15) is 26.7 Å². The number of nitrogens with zero attached hydrogens (tertiary/aromatic N) is 1. The molecule has 1 aliphatic rings. The first-order valence-electron chi connectivity index (χ1n) is 9.07. The van der Waals surface area contributed by atoms with Crippen LogP contribution in [0.5, 0.6) is 5.75 Å². The largest absolute Gasteiger partial charge is 0.494 e. The van der Waals surface area contributed by atoms with Crippen LogP contribution in [0, 0.1) is 11.7 Å². The summed E-state index contributed by atoms with van der Waals surface area (Å²) in [5, 5.41) is 0. The van der Waals surface area contributed by atoms with Crippen molar-refractivity contribution in [1.82, 2.24) is 9.62 Å². The minimum Gasteiger partial charge on any atom is -0.494 e. The third kappa shape index (κ3) is 5.16. The van der Waals surface area contributed by atoms with E-state index >= 15 is 0 Å². The predicted octanol–water partition coefficient (Wildman–Crippen LogP) is 2.25. The molecular formula is C18H29FN2O4S. The van der Waals surface area contributed by atoms with Gasteiger partial charge >= 0.3 is 0 Å². The average Bonchev–Trinajstić information content (AvgIpc) is 2.65. The fourth-order valence-corrected chi connectivity index (χ4v) is 4.49. The Kier molecular flexibility index (Phi) is 7.82. The molecule has 1 fully saturated rings. The van der Waals surface area contributed by atoms with Gasteiger partial charge in [0.25, 0.3) is 0 Å². The Morgan fingerprint density at radius 3 is 2.46 bits per heavy atom. The molecule has 0 spiro atoms. The molecule has 1 atom stereocenters. The molecule has 0 saturated carbocycles. The van der Waals surface area contributed by atoms with E-state index in [0.29, 0.717) is 25.7 Å². The highest BCUT2D eigenvalue weighted by Gasteiger charge is 2.28. The summed E-state index contributed by atoms with van der Waals surface area (Å²) in [6, 6.07) is 3.75. The third-order valence-corrected chi connectivity index (χ3v) is 6.44. The molecule has 1 N–H and O–H groups in total. The lowest BCUT2D eigenvalue weighted by molar-refractivity contribution is 0.00297. The van der Waals surface area contributed by atoms with Crippen molar-refractivity contribution in [2.24, 2.45) is 5.92 Å². The third-order valence-electron chi connectivity index (χ3n) is 5.02. The van der Waals surface area contributed by atoms with Gasteiger partial charge in [-0.25, -0.2) is 17.5 Å². The van der Waals surface area contributed by atoms with Crippen molar-refractivity contribution in [3.63, 3.8) is 0 Å². The number of nitrogens with one attached hydrogen (secondary N) is 1. The molecule has 0 amide bonds. The highest BCUT2D eigenvalue weighted by Crippen LogP contribution is 2.22. The highest BCUT2D eigenvalue weighted by atomic mass is 32.2. The molecule has 1 unspecified atom stereocenters. The van der Waals surface area contributed by atoms with Crippen LogP contribution >= 0.6 is 0 Å². The number of benzene rings is 1. The molecule has 0 radical (unpaired) electrons. The SMILES string of the molecule is CCC(CC)C(CNS(=O)(=O)c1ccc(OC)c(F)c1)N1CCOCC1. The minimum absolute atomic E-state index is 0.0205. The van der Waals surface area contributed by atoms with Crippen molar-refractivity contribution in [2.45, 2.75) is 37.6 Å². The first-order chi connectivity index (χ1) is 12.4. The van der Waals surface area contributed by atoms with Crippen LogP contribution in [0.3, 0.4) is 0 Å². The Morgan fingerprint density at radius 2 is 1.92 bits per heavy atom. The lowest BCUT2D eigenvalue weighted by atomic mass is 9.92. The minimum atomic E-state index is -3.79. The van der Waals surface area contributed by atoms with Crippen LogP contribution in [0.4, 0.5) is 4.39 Å². The second-order valence-electron chi connectivity index (χ2n) is 6.44. The smallest absolute Gasteiger partial charge is 0.240 e. The quantitative estimate of drug-likeness (QED) is 0.703. The van der Waals surface area contributed by atoms with Crippen molar-refractivity contribution >= 4 is 10.0 Å². The molecule has 2 rings (SSSR count). The number of ether oxygens (including phenoxy) is 2. The van der Waals surface area contributed by atoms with E-state index in [0.717, 1.165) is 32.0 Å². The van der Waals surface area contributed by atoms with E-state index in [1.807, 2.05) is 0 Å². The van der Waals surface area contributed by atoms with E-state index in [1.54, 1.807) is 0 Å². The molecule has 0 aromatic heterocycles. The van der Waals surface area contributed by atoms with Gasteiger partial charge in [-0.3, -0.25) is 4.90 Å². The molecule has 26 heavy (non-hydrogen) atoms. The lowest BCUT2D eigenvalue weighted by Gasteiger charge is -2.38. The van der Waals surface area contributed by atoms with E-state index < -0.39 is 15.8 Å². The van der Waals surface area contributed by atoms with Gasteiger partial charge in [0.05, 0.1) is 25.2 Å². The summed E-state index contributed by atoms with van der Waals surface area (Å²) in [6.45, 7) is 7.44. The molecule has 1 aliphatic heterocycles. The first kappa shape index (κ1) is 21.1. The Bertz CT molecular complexity index is 674. The van der Waals surface area contributed by atoms with E-state index in [4.69, 9.17) is 9.47 Å². The normalized spacial score (nSPS) is 17.4. The zero-order valence-electron chi connectivity index (χ0n) is 15.7. The number of rotatable bonds is 9. The van der Waals surface area contributed by atoms with E-state index in [-0.39, 0.29) is 16.7 Å². The lowest BCUT2D eigenvalue weighted by Crippen LogP contribution is -2.52. The summed E-state index contributed by atoms with van der Waals surface area (Å²) in [5.41, 5.74) is 0. The highest BCUT2D eigenvalue weighted by molar-refractivity contribution is 7.89. The van der Waals surface area contributed by atoms with E-state index in [9.17, 15) is 12.8 Å². The maximum absolute atomic E-state index is 13.9. The van der Waals surface area contributed by atoms with Gasteiger partial charge in [-0.15, -0.1) is 0 Å². The molecule has 0 bridgehead atoms. The number of hydrogen-bond donors (Lipinski definition) is 1. The second kappa shape index (κ2) is 9.64. The predicted molar refractivity (Wildman–Crippen MR) is 98.4 cm³/mol. The fraction of sp³-hybridized carbons (Fsp3) is 0.667. The molecular weight excluding hydrogens is 359 g/mol. The average molecular weight is 389 g/mol. The summed E-state index contributed by atoms with van der Waals surface area (Å²) >= 11 is 0. The Labute approximate surface area is 155 Å². The number of hydrogen-bond acceptors (Lipinski definition) is 5. The van der Waals surface area contributed by atoms with Crippen molar-refractivity contribution in [2.75, 3.05) is 40.0 Å². The van der Waals surface area contributed by atoms with Crippen molar-refractivity contribution in [3.05, 3.63) is 24.0 Å². The van der Waals surface area contributed by atoms with Crippen molar-refractivity contribution < 1.29 is 22.3 Å². The van der Waals surface area contributed by atoms with Crippen molar-refractivity contribution in [1.29, 1.82) is 0 Å². The Hall–Kier alpha value is -1.22. The first-order valence-corrected chi connectivity index (χ1v) is 10.6. The van der Waals surface area contributed by atoms with Gasteiger partial charge in [0.2, 0.25) is 10.0 Å². The fourth-order valence-electron chi connectivity index (χ4n) is 3.43. The Balaban J connectivity index is 2.13. The zero-order chi connectivity index (χ0) is 19.2. The van der Waals surface area contributed by atoms with Gasteiger partial charge in [0.15, 0.2) is 11.6 Å². The summed E-state index contributed by atoms with van der Waals surface area (Å²) in [5.74, 6) is -0.296. The molecule has 1 aromatic carbocycles. The zero-order valence-corrected chi connectivity index (χ0v) is 16.5. The summed E-state index contributed by atoms with van der Waals surface area (Å²) < 4.78 is 52.0. The summed E-state index contributed by atoms with van der Waals surface area (Å²) in [7, 11) is -2.45. The van der Waals surface area contributed by atoms with Crippen LogP contribution in [0.2, 0.25) is 0 Å². The molecule has 1 saturated heterocycles. The molecule has 1 aromatic rings. The second-order valence-corrected chi connectivity index (χ2v) is 8.21. The van der Waals surface area contributed by atoms with E-state index in [1.165, 1.54) is 19.2 Å².